The maximum absolute atomic E-state index is 12.7. The van der Waals surface area contributed by atoms with Crippen molar-refractivity contribution < 1.29 is 27.5 Å². The largest absolute Gasteiger partial charge is 0.454 e. The number of halogens is 1. The molecule has 32 heavy (non-hydrogen) atoms. The monoisotopic (exact) mass is 479 g/mol. The van der Waals surface area contributed by atoms with Crippen molar-refractivity contribution in [2.75, 3.05) is 23.4 Å². The Labute approximate surface area is 190 Å². The van der Waals surface area contributed by atoms with Gasteiger partial charge in [0.15, 0.2) is 6.61 Å². The fourth-order valence-corrected chi connectivity index (χ4v) is 4.52. The first-order chi connectivity index (χ1) is 15.1. The average Bonchev–Trinajstić information content (AvgIpc) is 2.75. The summed E-state index contributed by atoms with van der Waals surface area (Å²) in [5, 5.41) is 3.03. The minimum atomic E-state index is -4.03. The molecule has 0 saturated carbocycles. The van der Waals surface area contributed by atoms with Crippen LogP contribution in [0.25, 0.3) is 0 Å². The molecule has 2 amide bonds. The van der Waals surface area contributed by atoms with Crippen molar-refractivity contribution in [1.29, 1.82) is 0 Å². The molecule has 0 radical (unpaired) electrons. The normalized spacial score (nSPS) is 14.5. The lowest BCUT2D eigenvalue weighted by atomic mass is 10.1. The SMILES string of the molecule is CC(C)C(NS(=O)(=O)c1ccc(Cl)cc1)C(=O)OCC(=O)N1CC(=O)Nc2ccccc21. The fraction of sp³-hybridized carbons (Fsp3) is 0.286. The zero-order valence-electron chi connectivity index (χ0n) is 17.4. The smallest absolute Gasteiger partial charge is 0.324 e. The van der Waals surface area contributed by atoms with E-state index in [1.54, 1.807) is 38.1 Å². The maximum Gasteiger partial charge on any atom is 0.324 e. The van der Waals surface area contributed by atoms with Gasteiger partial charge in [0.1, 0.15) is 12.6 Å². The number of ether oxygens (including phenoxy) is 1. The highest BCUT2D eigenvalue weighted by molar-refractivity contribution is 7.89. The summed E-state index contributed by atoms with van der Waals surface area (Å²) >= 11 is 5.79. The molecule has 1 aliphatic heterocycles. The van der Waals surface area contributed by atoms with Crippen molar-refractivity contribution in [2.45, 2.75) is 24.8 Å². The van der Waals surface area contributed by atoms with E-state index in [1.807, 2.05) is 0 Å². The molecule has 0 fully saturated rings. The molecule has 0 aliphatic carbocycles. The number of para-hydroxylation sites is 2. The van der Waals surface area contributed by atoms with E-state index in [9.17, 15) is 22.8 Å². The van der Waals surface area contributed by atoms with E-state index < -0.39 is 40.5 Å². The topological polar surface area (TPSA) is 122 Å². The lowest BCUT2D eigenvalue weighted by Crippen LogP contribution is -2.47. The van der Waals surface area contributed by atoms with Gasteiger partial charge in [0.2, 0.25) is 15.9 Å². The van der Waals surface area contributed by atoms with Gasteiger partial charge in [-0.1, -0.05) is 37.6 Å². The molecule has 1 aliphatic rings. The molecule has 2 aromatic carbocycles. The summed E-state index contributed by atoms with van der Waals surface area (Å²) in [6.07, 6.45) is 0. The number of nitrogens with one attached hydrogen (secondary N) is 2. The first-order valence-corrected chi connectivity index (χ1v) is 11.6. The molecular weight excluding hydrogens is 458 g/mol. The average molecular weight is 480 g/mol. The van der Waals surface area contributed by atoms with Crippen molar-refractivity contribution in [3.05, 3.63) is 53.6 Å². The second-order valence-electron chi connectivity index (χ2n) is 7.45. The van der Waals surface area contributed by atoms with E-state index >= 15 is 0 Å². The molecule has 1 unspecified atom stereocenters. The van der Waals surface area contributed by atoms with Gasteiger partial charge in [-0.2, -0.15) is 4.72 Å². The zero-order chi connectivity index (χ0) is 23.5. The number of benzene rings is 2. The summed E-state index contributed by atoms with van der Waals surface area (Å²) in [6, 6.07) is 11.0. The molecule has 0 saturated heterocycles. The van der Waals surface area contributed by atoms with Crippen LogP contribution in [-0.2, 0) is 29.1 Å². The van der Waals surface area contributed by atoms with Gasteiger partial charge in [0.25, 0.3) is 5.91 Å². The highest BCUT2D eigenvalue weighted by atomic mass is 35.5. The van der Waals surface area contributed by atoms with Crippen LogP contribution in [0, 0.1) is 5.92 Å². The van der Waals surface area contributed by atoms with Gasteiger partial charge in [0, 0.05) is 5.02 Å². The van der Waals surface area contributed by atoms with Crippen LogP contribution < -0.4 is 14.9 Å². The van der Waals surface area contributed by atoms with Crippen LogP contribution in [0.4, 0.5) is 11.4 Å². The number of fused-ring (bicyclic) bond motifs is 1. The summed E-state index contributed by atoms with van der Waals surface area (Å²) in [7, 11) is -4.03. The van der Waals surface area contributed by atoms with Gasteiger partial charge >= 0.3 is 5.97 Å². The highest BCUT2D eigenvalue weighted by Crippen LogP contribution is 2.28. The molecule has 2 N–H and O–H groups in total. The predicted molar refractivity (Wildman–Crippen MR) is 119 cm³/mol. The van der Waals surface area contributed by atoms with E-state index in [4.69, 9.17) is 16.3 Å². The van der Waals surface area contributed by atoms with Gasteiger partial charge in [-0.15, -0.1) is 0 Å². The Bertz CT molecular complexity index is 1130. The Morgan fingerprint density at radius 1 is 1.16 bits per heavy atom. The highest BCUT2D eigenvalue weighted by Gasteiger charge is 2.32. The summed E-state index contributed by atoms with van der Waals surface area (Å²) in [5.41, 5.74) is 0.955. The first-order valence-electron chi connectivity index (χ1n) is 9.72. The van der Waals surface area contributed by atoms with Gasteiger partial charge in [-0.3, -0.25) is 19.3 Å². The lowest BCUT2D eigenvalue weighted by molar-refractivity contribution is -0.150. The number of anilines is 2. The number of esters is 1. The Hall–Kier alpha value is -2.95. The lowest BCUT2D eigenvalue weighted by Gasteiger charge is -2.29. The molecular formula is C21H22ClN3O6S. The Morgan fingerprint density at radius 3 is 2.47 bits per heavy atom. The van der Waals surface area contributed by atoms with Crippen LogP contribution in [0.2, 0.25) is 5.02 Å². The number of amides is 2. The number of hydrogen-bond acceptors (Lipinski definition) is 6. The number of sulfonamides is 1. The van der Waals surface area contributed by atoms with Crippen LogP contribution in [-0.4, -0.2) is 45.4 Å². The van der Waals surface area contributed by atoms with Crippen molar-refractivity contribution in [3.8, 4) is 0 Å². The van der Waals surface area contributed by atoms with Gasteiger partial charge in [-0.05, 0) is 42.3 Å². The number of hydrogen-bond donors (Lipinski definition) is 2. The molecule has 9 nitrogen and oxygen atoms in total. The van der Waals surface area contributed by atoms with Crippen LogP contribution in [0.5, 0.6) is 0 Å². The standard InChI is InChI=1S/C21H22ClN3O6S/c1-13(2)20(24-32(29,30)15-9-7-14(22)8-10-15)21(28)31-12-19(27)25-11-18(26)23-16-5-3-4-6-17(16)25/h3-10,13,20,24H,11-12H2,1-2H3,(H,23,26). The maximum atomic E-state index is 12.7. The van der Waals surface area contributed by atoms with Crippen molar-refractivity contribution >= 4 is 50.8 Å². The third-order valence-corrected chi connectivity index (χ3v) is 6.45. The third-order valence-electron chi connectivity index (χ3n) is 4.74. The predicted octanol–water partition coefficient (Wildman–Crippen LogP) is 2.17. The minimum absolute atomic E-state index is 0.0626. The molecule has 3 rings (SSSR count). The van der Waals surface area contributed by atoms with E-state index in [0.29, 0.717) is 16.4 Å². The molecule has 0 bridgehead atoms. The van der Waals surface area contributed by atoms with Gasteiger partial charge in [-0.25, -0.2) is 8.42 Å². The molecule has 0 spiro atoms. The Morgan fingerprint density at radius 2 is 1.81 bits per heavy atom. The van der Waals surface area contributed by atoms with E-state index in [1.165, 1.54) is 29.2 Å². The summed E-state index contributed by atoms with van der Waals surface area (Å²) in [6.45, 7) is 2.42. The first kappa shape index (κ1) is 23.7. The second kappa shape index (κ2) is 9.68. The van der Waals surface area contributed by atoms with Crippen molar-refractivity contribution in [2.24, 2.45) is 5.92 Å². The van der Waals surface area contributed by atoms with Crippen molar-refractivity contribution in [3.63, 3.8) is 0 Å². The van der Waals surface area contributed by atoms with Crippen LogP contribution in [0.1, 0.15) is 13.8 Å². The van der Waals surface area contributed by atoms with Crippen LogP contribution in [0.3, 0.4) is 0 Å². The summed E-state index contributed by atoms with van der Waals surface area (Å²) in [5.74, 6) is -2.34. The Balaban J connectivity index is 1.68. The summed E-state index contributed by atoms with van der Waals surface area (Å²) < 4.78 is 32.7. The molecule has 2 aromatic rings. The number of carbonyl (C=O) groups excluding carboxylic acids is 3. The zero-order valence-corrected chi connectivity index (χ0v) is 18.9. The van der Waals surface area contributed by atoms with E-state index in [-0.39, 0.29) is 17.3 Å². The molecule has 1 heterocycles. The molecule has 170 valence electrons. The quantitative estimate of drug-likeness (QED) is 0.587. The molecule has 0 aromatic heterocycles. The number of nitrogens with zero attached hydrogens (tertiary/aromatic N) is 1. The van der Waals surface area contributed by atoms with Crippen LogP contribution >= 0.6 is 11.6 Å². The summed E-state index contributed by atoms with van der Waals surface area (Å²) in [4.78, 5) is 38.3. The minimum Gasteiger partial charge on any atom is -0.454 e. The second-order valence-corrected chi connectivity index (χ2v) is 9.60. The fourth-order valence-electron chi connectivity index (χ4n) is 3.06. The van der Waals surface area contributed by atoms with E-state index in [0.717, 1.165) is 0 Å². The number of carbonyl (C=O) groups is 3. The molecule has 11 heteroatoms. The van der Waals surface area contributed by atoms with Gasteiger partial charge in [0.05, 0.1) is 16.3 Å². The van der Waals surface area contributed by atoms with Crippen LogP contribution in [0.15, 0.2) is 53.4 Å². The van der Waals surface area contributed by atoms with E-state index in [2.05, 4.69) is 10.0 Å². The van der Waals surface area contributed by atoms with Gasteiger partial charge < -0.3 is 10.1 Å². The third kappa shape index (κ3) is 5.45. The Kier molecular flexibility index (Phi) is 7.17. The number of rotatable bonds is 7. The molecule has 1 atom stereocenters. The van der Waals surface area contributed by atoms with Crippen molar-refractivity contribution in [1.82, 2.24) is 4.72 Å².